The van der Waals surface area contributed by atoms with Crippen molar-refractivity contribution in [2.75, 3.05) is 18.4 Å². The Balaban J connectivity index is 2.32. The van der Waals surface area contributed by atoms with Gasteiger partial charge in [-0.15, -0.1) is 0 Å². The molecule has 0 aliphatic rings. The molecule has 0 saturated carbocycles. The van der Waals surface area contributed by atoms with Gasteiger partial charge < -0.3 is 16.0 Å². The second kappa shape index (κ2) is 8.21. The fourth-order valence-electron chi connectivity index (χ4n) is 1.40. The van der Waals surface area contributed by atoms with Gasteiger partial charge in [0, 0.05) is 25.6 Å². The van der Waals surface area contributed by atoms with Gasteiger partial charge in [-0.25, -0.2) is 4.39 Å². The maximum absolute atomic E-state index is 12.9. The van der Waals surface area contributed by atoms with Crippen molar-refractivity contribution in [3.63, 3.8) is 0 Å². The molecule has 21 heavy (non-hydrogen) atoms. The van der Waals surface area contributed by atoms with E-state index in [1.165, 1.54) is 19.1 Å². The Hall–Kier alpha value is -2.15. The summed E-state index contributed by atoms with van der Waals surface area (Å²) in [6.07, 6.45) is 0.0786. The van der Waals surface area contributed by atoms with Crippen LogP contribution in [0.2, 0.25) is 5.02 Å². The van der Waals surface area contributed by atoms with Gasteiger partial charge in [0.2, 0.25) is 17.7 Å². The highest BCUT2D eigenvalue weighted by atomic mass is 35.5. The van der Waals surface area contributed by atoms with Gasteiger partial charge in [0.05, 0.1) is 11.6 Å². The summed E-state index contributed by atoms with van der Waals surface area (Å²) in [5, 5.41) is 7.22. The van der Waals surface area contributed by atoms with Crippen molar-refractivity contribution < 1.29 is 18.8 Å². The number of nitrogens with one attached hydrogen (secondary N) is 3. The van der Waals surface area contributed by atoms with E-state index >= 15 is 0 Å². The molecule has 0 bridgehead atoms. The van der Waals surface area contributed by atoms with Crippen molar-refractivity contribution >= 4 is 35.0 Å². The fraction of sp³-hybridized carbons (Fsp3) is 0.308. The van der Waals surface area contributed by atoms with Crippen LogP contribution in [-0.4, -0.2) is 30.8 Å². The van der Waals surface area contributed by atoms with E-state index in [4.69, 9.17) is 11.6 Å². The first kappa shape index (κ1) is 16.9. The van der Waals surface area contributed by atoms with Crippen LogP contribution in [0.4, 0.5) is 10.1 Å². The van der Waals surface area contributed by atoms with Gasteiger partial charge in [0.25, 0.3) is 0 Å². The van der Waals surface area contributed by atoms with Crippen LogP contribution in [0.25, 0.3) is 0 Å². The Morgan fingerprint density at radius 1 is 1.19 bits per heavy atom. The molecule has 0 aliphatic carbocycles. The molecule has 8 heteroatoms. The van der Waals surface area contributed by atoms with Gasteiger partial charge in [-0.05, 0) is 18.2 Å². The number of anilines is 1. The van der Waals surface area contributed by atoms with Crippen LogP contribution in [0.5, 0.6) is 0 Å². The van der Waals surface area contributed by atoms with Crippen LogP contribution >= 0.6 is 11.6 Å². The maximum atomic E-state index is 12.9. The SMILES string of the molecule is CC(=O)NCCC(=O)NCC(=O)Nc1ccc(F)c(Cl)c1. The molecule has 114 valence electrons. The smallest absolute Gasteiger partial charge is 0.243 e. The van der Waals surface area contributed by atoms with Crippen LogP contribution in [0.15, 0.2) is 18.2 Å². The van der Waals surface area contributed by atoms with Gasteiger partial charge >= 0.3 is 0 Å². The Kier molecular flexibility index (Phi) is 6.61. The van der Waals surface area contributed by atoms with E-state index in [2.05, 4.69) is 16.0 Å². The average Bonchev–Trinajstić information content (AvgIpc) is 2.40. The van der Waals surface area contributed by atoms with Crippen molar-refractivity contribution in [2.45, 2.75) is 13.3 Å². The third-order valence-corrected chi connectivity index (χ3v) is 2.67. The first-order valence-corrected chi connectivity index (χ1v) is 6.52. The summed E-state index contributed by atoms with van der Waals surface area (Å²) in [6.45, 7) is 1.32. The van der Waals surface area contributed by atoms with Gasteiger partial charge in [-0.1, -0.05) is 11.6 Å². The Morgan fingerprint density at radius 3 is 2.52 bits per heavy atom. The van der Waals surface area contributed by atoms with Crippen LogP contribution in [-0.2, 0) is 14.4 Å². The van der Waals surface area contributed by atoms with Crippen LogP contribution in [0.3, 0.4) is 0 Å². The standard InChI is InChI=1S/C13H15ClFN3O3/c1-8(19)16-5-4-12(20)17-7-13(21)18-9-2-3-11(15)10(14)6-9/h2-3,6H,4-5,7H2,1H3,(H,16,19)(H,17,20)(H,18,21). The second-order valence-electron chi connectivity index (χ2n) is 4.19. The molecular weight excluding hydrogens is 301 g/mol. The number of hydrogen-bond acceptors (Lipinski definition) is 3. The second-order valence-corrected chi connectivity index (χ2v) is 4.59. The number of carbonyl (C=O) groups excluding carboxylic acids is 3. The summed E-state index contributed by atoms with van der Waals surface area (Å²) in [6, 6.07) is 3.76. The van der Waals surface area contributed by atoms with E-state index in [-0.39, 0.29) is 36.3 Å². The summed E-state index contributed by atoms with van der Waals surface area (Å²) in [7, 11) is 0. The number of halogens is 2. The topological polar surface area (TPSA) is 87.3 Å². The highest BCUT2D eigenvalue weighted by Gasteiger charge is 2.07. The zero-order valence-electron chi connectivity index (χ0n) is 11.3. The number of amides is 3. The molecule has 0 aromatic heterocycles. The molecule has 1 rings (SSSR count). The largest absolute Gasteiger partial charge is 0.356 e. The van der Waals surface area contributed by atoms with Crippen molar-refractivity contribution in [2.24, 2.45) is 0 Å². The Morgan fingerprint density at radius 2 is 1.90 bits per heavy atom. The number of benzene rings is 1. The lowest BCUT2D eigenvalue weighted by Gasteiger charge is -2.07. The van der Waals surface area contributed by atoms with Gasteiger partial charge in [-0.2, -0.15) is 0 Å². The molecule has 0 unspecified atom stereocenters. The molecule has 1 aromatic rings. The minimum atomic E-state index is -0.582. The zero-order chi connectivity index (χ0) is 15.8. The molecule has 3 amide bonds. The van der Waals surface area contributed by atoms with Crippen molar-refractivity contribution in [3.05, 3.63) is 29.0 Å². The molecule has 0 aliphatic heterocycles. The van der Waals surface area contributed by atoms with E-state index < -0.39 is 11.7 Å². The number of carbonyl (C=O) groups is 3. The third-order valence-electron chi connectivity index (χ3n) is 2.38. The summed E-state index contributed by atoms with van der Waals surface area (Å²) in [4.78, 5) is 33.5. The lowest BCUT2D eigenvalue weighted by Crippen LogP contribution is -2.35. The number of rotatable bonds is 6. The molecule has 6 nitrogen and oxygen atoms in total. The summed E-state index contributed by atoms with van der Waals surface area (Å²) in [5.41, 5.74) is 0.332. The van der Waals surface area contributed by atoms with E-state index in [0.29, 0.717) is 5.69 Å². The average molecular weight is 316 g/mol. The van der Waals surface area contributed by atoms with Crippen molar-refractivity contribution in [1.29, 1.82) is 0 Å². The molecule has 0 atom stereocenters. The molecule has 3 N–H and O–H groups in total. The number of hydrogen-bond donors (Lipinski definition) is 3. The van der Waals surface area contributed by atoms with Crippen molar-refractivity contribution in [3.8, 4) is 0 Å². The zero-order valence-corrected chi connectivity index (χ0v) is 12.1. The van der Waals surface area contributed by atoms with Gasteiger partial charge in [0.15, 0.2) is 0 Å². The van der Waals surface area contributed by atoms with Crippen LogP contribution < -0.4 is 16.0 Å². The minimum Gasteiger partial charge on any atom is -0.356 e. The lowest BCUT2D eigenvalue weighted by molar-refractivity contribution is -0.124. The summed E-state index contributed by atoms with van der Waals surface area (Å²) in [5.74, 6) is -1.64. The fourth-order valence-corrected chi connectivity index (χ4v) is 1.58. The van der Waals surface area contributed by atoms with Crippen LogP contribution in [0, 0.1) is 5.82 Å². The van der Waals surface area contributed by atoms with E-state index in [9.17, 15) is 18.8 Å². The third kappa shape index (κ3) is 6.71. The predicted octanol–water partition coefficient (Wildman–Crippen LogP) is 1.06. The highest BCUT2D eigenvalue weighted by molar-refractivity contribution is 6.31. The lowest BCUT2D eigenvalue weighted by atomic mass is 10.3. The molecular formula is C13H15ClFN3O3. The van der Waals surface area contributed by atoms with Gasteiger partial charge in [0.1, 0.15) is 5.82 Å². The minimum absolute atomic E-state index is 0.0786. The molecule has 0 fully saturated rings. The molecule has 0 radical (unpaired) electrons. The van der Waals surface area contributed by atoms with E-state index in [0.717, 1.165) is 6.07 Å². The van der Waals surface area contributed by atoms with Crippen molar-refractivity contribution in [1.82, 2.24) is 10.6 Å². The predicted molar refractivity (Wildman–Crippen MR) is 76.4 cm³/mol. The Bertz CT molecular complexity index is 551. The van der Waals surface area contributed by atoms with E-state index in [1.807, 2.05) is 0 Å². The van der Waals surface area contributed by atoms with Gasteiger partial charge in [-0.3, -0.25) is 14.4 Å². The normalized spacial score (nSPS) is 9.86. The quantitative estimate of drug-likeness (QED) is 0.733. The first-order chi connectivity index (χ1) is 9.88. The molecule has 0 saturated heterocycles. The van der Waals surface area contributed by atoms with Crippen LogP contribution in [0.1, 0.15) is 13.3 Å². The highest BCUT2D eigenvalue weighted by Crippen LogP contribution is 2.19. The van der Waals surface area contributed by atoms with E-state index in [1.54, 1.807) is 0 Å². The molecule has 0 heterocycles. The summed E-state index contributed by atoms with van der Waals surface area (Å²) >= 11 is 5.58. The first-order valence-electron chi connectivity index (χ1n) is 6.14. The molecule has 0 spiro atoms. The molecule has 1 aromatic carbocycles. The maximum Gasteiger partial charge on any atom is 0.243 e. The Labute approximate surface area is 126 Å². The summed E-state index contributed by atoms with van der Waals surface area (Å²) < 4.78 is 12.9. The monoisotopic (exact) mass is 315 g/mol.